The van der Waals surface area contributed by atoms with Crippen LogP contribution in [0.3, 0.4) is 0 Å². The lowest BCUT2D eigenvalue weighted by molar-refractivity contribution is 0.0734. The number of hydrogen-bond donors (Lipinski definition) is 1. The Balaban J connectivity index is 1.35. The van der Waals surface area contributed by atoms with Crippen molar-refractivity contribution in [1.29, 1.82) is 0 Å². The third-order valence-electron chi connectivity index (χ3n) is 6.29. The average Bonchev–Trinajstić information content (AvgIpc) is 3.04. The maximum atomic E-state index is 13.5. The molecule has 0 bridgehead atoms. The zero-order valence-corrected chi connectivity index (χ0v) is 19.8. The number of rotatable bonds is 3. The molecular weight excluding hydrogens is 454 g/mol. The molecular formula is C30H21NO3S. The maximum Gasteiger partial charge on any atom is 0.343 e. The van der Waals surface area contributed by atoms with Crippen LogP contribution in [0, 0.1) is 6.92 Å². The fourth-order valence-corrected chi connectivity index (χ4v) is 5.77. The van der Waals surface area contributed by atoms with E-state index in [-0.39, 0.29) is 11.0 Å². The second-order valence-electron chi connectivity index (χ2n) is 8.61. The number of para-hydroxylation sites is 1. The molecule has 170 valence electrons. The molecule has 4 aromatic rings. The van der Waals surface area contributed by atoms with Crippen molar-refractivity contribution in [2.24, 2.45) is 0 Å². The fourth-order valence-electron chi connectivity index (χ4n) is 4.48. The normalized spacial score (nSPS) is 16.0. The first-order chi connectivity index (χ1) is 17.1. The van der Waals surface area contributed by atoms with Gasteiger partial charge < -0.3 is 10.1 Å². The Morgan fingerprint density at radius 3 is 2.29 bits per heavy atom. The van der Waals surface area contributed by atoms with Gasteiger partial charge in [-0.2, -0.15) is 0 Å². The molecule has 0 aromatic heterocycles. The van der Waals surface area contributed by atoms with Crippen molar-refractivity contribution >= 4 is 34.9 Å². The van der Waals surface area contributed by atoms with Crippen molar-refractivity contribution in [2.75, 3.05) is 5.32 Å². The van der Waals surface area contributed by atoms with Gasteiger partial charge in [-0.25, -0.2) is 4.79 Å². The molecule has 35 heavy (non-hydrogen) atoms. The lowest BCUT2D eigenvalue weighted by Crippen LogP contribution is -2.09. The second-order valence-corrected chi connectivity index (χ2v) is 9.75. The van der Waals surface area contributed by atoms with E-state index in [4.69, 9.17) is 4.74 Å². The molecule has 6 rings (SSSR count). The summed E-state index contributed by atoms with van der Waals surface area (Å²) in [5, 5.41) is 3.33. The largest absolute Gasteiger partial charge is 0.423 e. The topological polar surface area (TPSA) is 55.4 Å². The van der Waals surface area contributed by atoms with Crippen molar-refractivity contribution in [3.8, 4) is 5.75 Å². The highest BCUT2D eigenvalue weighted by molar-refractivity contribution is 8.00. The molecule has 1 heterocycles. The van der Waals surface area contributed by atoms with E-state index in [1.807, 2.05) is 73.7 Å². The molecule has 0 radical (unpaired) electrons. The minimum Gasteiger partial charge on any atom is -0.423 e. The predicted octanol–water partition coefficient (Wildman–Crippen LogP) is 7.08. The van der Waals surface area contributed by atoms with Gasteiger partial charge in [0.05, 0.1) is 22.2 Å². The standard InChI is InChI=1S/C30H21NO3S/c1-18-10-12-20(13-11-18)30(33)34-21-16-14-19(15-17-21)29-26-27(22-6-2-3-7-23(22)28(26)32)31-24-8-4-5-9-25(24)35-29/h2-17,29,31H,1H3/t29-/m0/s1. The van der Waals surface area contributed by atoms with Gasteiger partial charge in [0.2, 0.25) is 0 Å². The summed E-state index contributed by atoms with van der Waals surface area (Å²) in [5.74, 6) is 0.112. The highest BCUT2D eigenvalue weighted by Crippen LogP contribution is 2.52. The van der Waals surface area contributed by atoms with E-state index in [1.54, 1.807) is 36.0 Å². The van der Waals surface area contributed by atoms with Crippen molar-refractivity contribution in [2.45, 2.75) is 17.1 Å². The van der Waals surface area contributed by atoms with Crippen LogP contribution in [0.4, 0.5) is 5.69 Å². The van der Waals surface area contributed by atoms with Gasteiger partial charge in [0.15, 0.2) is 5.78 Å². The molecule has 1 N–H and O–H groups in total. The molecule has 0 saturated heterocycles. The van der Waals surface area contributed by atoms with E-state index in [0.29, 0.717) is 11.3 Å². The summed E-state index contributed by atoms with van der Waals surface area (Å²) in [6, 6.07) is 30.6. The second kappa shape index (κ2) is 8.60. The van der Waals surface area contributed by atoms with Crippen LogP contribution in [0.15, 0.2) is 108 Å². The van der Waals surface area contributed by atoms with E-state index >= 15 is 0 Å². The lowest BCUT2D eigenvalue weighted by atomic mass is 10.0. The number of benzene rings is 4. The first-order valence-electron chi connectivity index (χ1n) is 11.4. The van der Waals surface area contributed by atoms with Gasteiger partial charge in [-0.1, -0.05) is 66.2 Å². The van der Waals surface area contributed by atoms with Crippen LogP contribution in [0.5, 0.6) is 5.75 Å². The van der Waals surface area contributed by atoms with E-state index < -0.39 is 5.97 Å². The molecule has 4 nitrogen and oxygen atoms in total. The number of fused-ring (bicyclic) bond motifs is 3. The third kappa shape index (κ3) is 3.84. The quantitative estimate of drug-likeness (QED) is 0.253. The smallest absolute Gasteiger partial charge is 0.343 e. The first-order valence-corrected chi connectivity index (χ1v) is 12.3. The van der Waals surface area contributed by atoms with Crippen LogP contribution in [0.1, 0.15) is 42.7 Å². The molecule has 0 amide bonds. The minimum absolute atomic E-state index is 0.0447. The number of hydrogen-bond acceptors (Lipinski definition) is 5. The number of nitrogens with one attached hydrogen (secondary N) is 1. The first kappa shape index (κ1) is 21.4. The number of anilines is 1. The number of aryl methyl sites for hydroxylation is 1. The zero-order chi connectivity index (χ0) is 23.9. The van der Waals surface area contributed by atoms with Crippen molar-refractivity contribution in [3.63, 3.8) is 0 Å². The van der Waals surface area contributed by atoms with E-state index in [2.05, 4.69) is 11.4 Å². The summed E-state index contributed by atoms with van der Waals surface area (Å²) in [6.07, 6.45) is 0. The number of carbonyl (C=O) groups is 2. The molecule has 1 aliphatic heterocycles. The highest BCUT2D eigenvalue weighted by Gasteiger charge is 2.38. The number of carbonyl (C=O) groups excluding carboxylic acids is 2. The van der Waals surface area contributed by atoms with Crippen molar-refractivity contribution < 1.29 is 14.3 Å². The van der Waals surface area contributed by atoms with Gasteiger partial charge in [0.25, 0.3) is 0 Å². The van der Waals surface area contributed by atoms with Crippen LogP contribution in [0.2, 0.25) is 0 Å². The minimum atomic E-state index is -0.397. The molecule has 0 spiro atoms. The van der Waals surface area contributed by atoms with Crippen molar-refractivity contribution in [1.82, 2.24) is 0 Å². The Hall–Kier alpha value is -4.09. The zero-order valence-electron chi connectivity index (χ0n) is 18.9. The SMILES string of the molecule is Cc1ccc(C(=O)Oc2ccc([C@@H]3Sc4ccccc4NC4=C3C(=O)c3ccccc34)cc2)cc1. The molecule has 4 aromatic carbocycles. The monoisotopic (exact) mass is 475 g/mol. The van der Waals surface area contributed by atoms with E-state index in [1.165, 1.54) is 0 Å². The Bertz CT molecular complexity index is 1500. The van der Waals surface area contributed by atoms with Gasteiger partial charge in [0.1, 0.15) is 5.75 Å². The van der Waals surface area contributed by atoms with Crippen LogP contribution in [-0.2, 0) is 0 Å². The molecule has 0 saturated carbocycles. The summed E-state index contributed by atoms with van der Waals surface area (Å²) < 4.78 is 5.58. The molecule has 1 atom stereocenters. The molecule has 0 unspecified atom stereocenters. The third-order valence-corrected chi connectivity index (χ3v) is 7.64. The molecule has 0 fully saturated rings. The number of ether oxygens (including phenoxy) is 1. The summed E-state index contributed by atoms with van der Waals surface area (Å²) in [5.41, 5.74) is 6.81. The number of Topliss-reactive ketones (excluding diaryl/α,β-unsaturated/α-hetero) is 1. The number of ketones is 1. The molecule has 1 aliphatic carbocycles. The molecule has 2 aliphatic rings. The maximum absolute atomic E-state index is 13.5. The summed E-state index contributed by atoms with van der Waals surface area (Å²) >= 11 is 1.65. The van der Waals surface area contributed by atoms with Crippen LogP contribution in [0.25, 0.3) is 5.70 Å². The van der Waals surface area contributed by atoms with Gasteiger partial charge >= 0.3 is 5.97 Å². The van der Waals surface area contributed by atoms with Gasteiger partial charge in [-0.05, 0) is 48.9 Å². The Morgan fingerprint density at radius 2 is 1.51 bits per heavy atom. The summed E-state index contributed by atoms with van der Waals surface area (Å²) in [7, 11) is 0. The average molecular weight is 476 g/mol. The van der Waals surface area contributed by atoms with E-state index in [0.717, 1.165) is 44.1 Å². The van der Waals surface area contributed by atoms with Crippen LogP contribution < -0.4 is 10.1 Å². The van der Waals surface area contributed by atoms with Gasteiger partial charge in [-0.15, -0.1) is 11.8 Å². The lowest BCUT2D eigenvalue weighted by Gasteiger charge is -2.17. The Labute approximate surface area is 207 Å². The van der Waals surface area contributed by atoms with Gasteiger partial charge in [-0.3, -0.25) is 4.79 Å². The Kier molecular flexibility index (Phi) is 5.27. The summed E-state index contributed by atoms with van der Waals surface area (Å²) in [6.45, 7) is 1.97. The van der Waals surface area contributed by atoms with Crippen molar-refractivity contribution in [3.05, 3.63) is 130 Å². The highest BCUT2D eigenvalue weighted by atomic mass is 32.2. The predicted molar refractivity (Wildman–Crippen MR) is 139 cm³/mol. The summed E-state index contributed by atoms with van der Waals surface area (Å²) in [4.78, 5) is 27.1. The number of thioether (sulfide) groups is 1. The van der Waals surface area contributed by atoms with Crippen LogP contribution >= 0.6 is 11.8 Å². The van der Waals surface area contributed by atoms with Gasteiger partial charge in [0, 0.05) is 21.6 Å². The Morgan fingerprint density at radius 1 is 0.829 bits per heavy atom. The number of esters is 1. The van der Waals surface area contributed by atoms with Crippen LogP contribution in [-0.4, -0.2) is 11.8 Å². The molecule has 5 heteroatoms. The fraction of sp³-hybridized carbons (Fsp3) is 0.0667. The van der Waals surface area contributed by atoms with E-state index in [9.17, 15) is 9.59 Å².